The molecule has 0 unspecified atom stereocenters. The molecule has 2 aromatic rings. The minimum atomic E-state index is -0.155. The summed E-state index contributed by atoms with van der Waals surface area (Å²) in [7, 11) is 0. The lowest BCUT2D eigenvalue weighted by Gasteiger charge is -2.06. The van der Waals surface area contributed by atoms with Gasteiger partial charge in [0.15, 0.2) is 0 Å². The van der Waals surface area contributed by atoms with Gasteiger partial charge in [-0.1, -0.05) is 18.2 Å². The van der Waals surface area contributed by atoms with Crippen LogP contribution in [0.4, 0.5) is 10.1 Å². The van der Waals surface area contributed by atoms with Gasteiger partial charge in [-0.25, -0.2) is 4.39 Å². The van der Waals surface area contributed by atoms with Crippen LogP contribution >= 0.6 is 11.3 Å². The molecule has 15 heavy (non-hydrogen) atoms. The van der Waals surface area contributed by atoms with Crippen LogP contribution in [0, 0.1) is 12.7 Å². The first-order valence-electron chi connectivity index (χ1n) is 4.77. The molecule has 2 rings (SSSR count). The van der Waals surface area contributed by atoms with Gasteiger partial charge in [0.05, 0.1) is 0 Å². The summed E-state index contributed by atoms with van der Waals surface area (Å²) in [5.41, 5.74) is 2.99. The largest absolute Gasteiger partial charge is 0.380 e. The lowest BCUT2D eigenvalue weighted by molar-refractivity contribution is 0.613. The molecule has 1 nitrogen and oxygen atoms in total. The minimum Gasteiger partial charge on any atom is -0.380 e. The van der Waals surface area contributed by atoms with Crippen molar-refractivity contribution in [2.75, 3.05) is 5.32 Å². The molecule has 1 aromatic heterocycles. The second-order valence-corrected chi connectivity index (χ2v) is 4.16. The van der Waals surface area contributed by atoms with Crippen molar-refractivity contribution in [1.29, 1.82) is 0 Å². The van der Waals surface area contributed by atoms with E-state index in [1.54, 1.807) is 23.5 Å². The molecule has 0 amide bonds. The lowest BCUT2D eigenvalue weighted by atomic mass is 10.2. The number of rotatable bonds is 3. The monoisotopic (exact) mass is 221 g/mol. The van der Waals surface area contributed by atoms with Crippen LogP contribution < -0.4 is 5.32 Å². The van der Waals surface area contributed by atoms with Gasteiger partial charge in [0, 0.05) is 23.2 Å². The topological polar surface area (TPSA) is 12.0 Å². The van der Waals surface area contributed by atoms with Gasteiger partial charge < -0.3 is 5.32 Å². The molecular formula is C12H12FNS. The Labute approximate surface area is 92.6 Å². The van der Waals surface area contributed by atoms with E-state index >= 15 is 0 Å². The maximum Gasteiger partial charge on any atom is 0.128 e. The fourth-order valence-corrected chi connectivity index (χ4v) is 2.18. The van der Waals surface area contributed by atoms with Crippen molar-refractivity contribution in [1.82, 2.24) is 0 Å². The number of nitrogens with one attached hydrogen (secondary N) is 1. The third kappa shape index (κ3) is 2.36. The molecular weight excluding hydrogens is 209 g/mol. The number of aryl methyl sites for hydroxylation is 1. The molecule has 0 aliphatic carbocycles. The molecule has 3 heteroatoms. The van der Waals surface area contributed by atoms with Crippen molar-refractivity contribution in [2.45, 2.75) is 13.5 Å². The summed E-state index contributed by atoms with van der Waals surface area (Å²) in [5.74, 6) is -0.155. The third-order valence-corrected chi connectivity index (χ3v) is 3.14. The van der Waals surface area contributed by atoms with E-state index in [-0.39, 0.29) is 5.82 Å². The van der Waals surface area contributed by atoms with E-state index in [9.17, 15) is 4.39 Å². The second-order valence-electron chi connectivity index (χ2n) is 3.41. The van der Waals surface area contributed by atoms with E-state index in [4.69, 9.17) is 0 Å². The van der Waals surface area contributed by atoms with E-state index in [0.29, 0.717) is 12.1 Å². The van der Waals surface area contributed by atoms with Crippen LogP contribution in [-0.2, 0) is 6.54 Å². The number of hydrogen-bond donors (Lipinski definition) is 1. The van der Waals surface area contributed by atoms with Crippen molar-refractivity contribution in [3.05, 3.63) is 52.0 Å². The summed E-state index contributed by atoms with van der Waals surface area (Å²) in [6.45, 7) is 2.57. The Morgan fingerprint density at radius 1 is 1.27 bits per heavy atom. The molecule has 78 valence electrons. The standard InChI is InChI=1S/C12H12FNS/c1-9-7-15-8-12(9)14-6-10-4-2-3-5-11(10)13/h2-5,7-8,14H,6H2,1H3. The zero-order chi connectivity index (χ0) is 10.7. The second kappa shape index (κ2) is 4.45. The normalized spacial score (nSPS) is 10.3. The number of benzene rings is 1. The van der Waals surface area contributed by atoms with Gasteiger partial charge >= 0.3 is 0 Å². The first-order chi connectivity index (χ1) is 7.27. The van der Waals surface area contributed by atoms with Gasteiger partial charge in [-0.2, -0.15) is 0 Å². The average molecular weight is 221 g/mol. The van der Waals surface area contributed by atoms with E-state index in [0.717, 1.165) is 5.69 Å². The highest BCUT2D eigenvalue weighted by Gasteiger charge is 2.02. The molecule has 1 N–H and O–H groups in total. The van der Waals surface area contributed by atoms with Crippen LogP contribution in [0.25, 0.3) is 0 Å². The van der Waals surface area contributed by atoms with Crippen LogP contribution in [0.15, 0.2) is 35.0 Å². The third-order valence-electron chi connectivity index (χ3n) is 2.28. The van der Waals surface area contributed by atoms with Crippen LogP contribution in [-0.4, -0.2) is 0 Å². The smallest absolute Gasteiger partial charge is 0.128 e. The van der Waals surface area contributed by atoms with Gasteiger partial charge in [-0.3, -0.25) is 0 Å². The van der Waals surface area contributed by atoms with Crippen LogP contribution in [0.1, 0.15) is 11.1 Å². The molecule has 0 saturated carbocycles. The molecule has 0 aliphatic rings. The Bertz CT molecular complexity index is 450. The van der Waals surface area contributed by atoms with Crippen LogP contribution in [0.5, 0.6) is 0 Å². The molecule has 0 fully saturated rings. The summed E-state index contributed by atoms with van der Waals surface area (Å²) >= 11 is 1.65. The zero-order valence-corrected chi connectivity index (χ0v) is 9.27. The molecule has 0 radical (unpaired) electrons. The van der Waals surface area contributed by atoms with Gasteiger partial charge in [-0.15, -0.1) is 11.3 Å². The molecule has 0 spiro atoms. The summed E-state index contributed by atoms with van der Waals surface area (Å²) in [5, 5.41) is 7.33. The first kappa shape index (κ1) is 10.2. The Hall–Kier alpha value is -1.35. The highest BCUT2D eigenvalue weighted by molar-refractivity contribution is 7.08. The Morgan fingerprint density at radius 3 is 2.73 bits per heavy atom. The van der Waals surface area contributed by atoms with Crippen molar-refractivity contribution in [3.8, 4) is 0 Å². The summed E-state index contributed by atoms with van der Waals surface area (Å²) in [6, 6.07) is 6.83. The van der Waals surface area contributed by atoms with Gasteiger partial charge in [0.2, 0.25) is 0 Å². The zero-order valence-electron chi connectivity index (χ0n) is 8.46. The Kier molecular flexibility index (Phi) is 3.02. The summed E-state index contributed by atoms with van der Waals surface area (Å²) < 4.78 is 13.3. The summed E-state index contributed by atoms with van der Waals surface area (Å²) in [4.78, 5) is 0. The average Bonchev–Trinajstić information content (AvgIpc) is 2.63. The SMILES string of the molecule is Cc1cscc1NCc1ccccc1F. The van der Waals surface area contributed by atoms with Gasteiger partial charge in [-0.05, 0) is 23.9 Å². The van der Waals surface area contributed by atoms with Crippen molar-refractivity contribution < 1.29 is 4.39 Å². The van der Waals surface area contributed by atoms with Crippen molar-refractivity contribution in [3.63, 3.8) is 0 Å². The van der Waals surface area contributed by atoms with Crippen LogP contribution in [0.2, 0.25) is 0 Å². The quantitative estimate of drug-likeness (QED) is 0.831. The van der Waals surface area contributed by atoms with E-state index in [1.165, 1.54) is 11.6 Å². The van der Waals surface area contributed by atoms with Gasteiger partial charge in [0.1, 0.15) is 5.82 Å². The molecule has 0 atom stereocenters. The maximum atomic E-state index is 13.3. The molecule has 0 saturated heterocycles. The first-order valence-corrected chi connectivity index (χ1v) is 5.72. The van der Waals surface area contributed by atoms with E-state index < -0.39 is 0 Å². The number of hydrogen-bond acceptors (Lipinski definition) is 2. The lowest BCUT2D eigenvalue weighted by Crippen LogP contribution is -2.01. The molecule has 1 aromatic carbocycles. The molecule has 0 bridgehead atoms. The summed E-state index contributed by atoms with van der Waals surface area (Å²) in [6.07, 6.45) is 0. The molecule has 0 aliphatic heterocycles. The number of halogens is 1. The van der Waals surface area contributed by atoms with Crippen molar-refractivity contribution in [2.24, 2.45) is 0 Å². The maximum absolute atomic E-state index is 13.3. The van der Waals surface area contributed by atoms with Gasteiger partial charge in [0.25, 0.3) is 0 Å². The predicted molar refractivity (Wildman–Crippen MR) is 62.8 cm³/mol. The van der Waals surface area contributed by atoms with Crippen LogP contribution in [0.3, 0.4) is 0 Å². The fraction of sp³-hybridized carbons (Fsp3) is 0.167. The highest BCUT2D eigenvalue weighted by atomic mass is 32.1. The highest BCUT2D eigenvalue weighted by Crippen LogP contribution is 2.20. The van der Waals surface area contributed by atoms with E-state index in [2.05, 4.69) is 10.7 Å². The molecule has 1 heterocycles. The van der Waals surface area contributed by atoms with Crippen molar-refractivity contribution >= 4 is 17.0 Å². The number of thiophene rings is 1. The Balaban J connectivity index is 2.06. The predicted octanol–water partition coefficient (Wildman–Crippen LogP) is 3.81. The van der Waals surface area contributed by atoms with E-state index in [1.807, 2.05) is 18.4 Å². The minimum absolute atomic E-state index is 0.155. The fourth-order valence-electron chi connectivity index (χ4n) is 1.37. The number of anilines is 1. The Morgan fingerprint density at radius 2 is 2.07 bits per heavy atom.